The topological polar surface area (TPSA) is 59.0 Å². The Hall–Kier alpha value is -3.38. The molecule has 3 heterocycles. The molecule has 0 radical (unpaired) electrons. The van der Waals surface area contributed by atoms with Crippen LogP contribution in [-0.4, -0.2) is 20.9 Å². The van der Waals surface area contributed by atoms with Crippen molar-refractivity contribution in [2.45, 2.75) is 46.6 Å². The lowest BCUT2D eigenvalue weighted by molar-refractivity contribution is -0.117. The molecule has 5 nitrogen and oxygen atoms in total. The number of rotatable bonds is 5. The van der Waals surface area contributed by atoms with Crippen molar-refractivity contribution < 1.29 is 4.79 Å². The number of aromatic nitrogens is 3. The monoisotopic (exact) mass is 454 g/mol. The number of anilines is 1. The van der Waals surface area contributed by atoms with Gasteiger partial charge in [-0.1, -0.05) is 62.4 Å². The Bertz CT molecular complexity index is 1340. The van der Waals surface area contributed by atoms with Gasteiger partial charge in [-0.25, -0.2) is 15.0 Å². The minimum Gasteiger partial charge on any atom is -0.292 e. The van der Waals surface area contributed by atoms with Crippen LogP contribution in [0.15, 0.2) is 54.7 Å². The van der Waals surface area contributed by atoms with Crippen molar-refractivity contribution in [3.8, 4) is 22.6 Å². The average molecular weight is 455 g/mol. The van der Waals surface area contributed by atoms with Gasteiger partial charge < -0.3 is 0 Å². The van der Waals surface area contributed by atoms with Crippen LogP contribution in [0.3, 0.4) is 0 Å². The molecular weight excluding hydrogens is 428 g/mol. The fourth-order valence-electron chi connectivity index (χ4n) is 4.38. The van der Waals surface area contributed by atoms with Gasteiger partial charge in [0, 0.05) is 27.8 Å². The Morgan fingerprint density at radius 1 is 1.03 bits per heavy atom. The van der Waals surface area contributed by atoms with Crippen molar-refractivity contribution >= 4 is 23.1 Å². The minimum atomic E-state index is 0.0589. The maximum absolute atomic E-state index is 12.8. The molecule has 0 atom stereocenters. The van der Waals surface area contributed by atoms with E-state index in [0.29, 0.717) is 24.7 Å². The van der Waals surface area contributed by atoms with Crippen LogP contribution < -0.4 is 4.90 Å². The van der Waals surface area contributed by atoms with Crippen LogP contribution in [-0.2, 0) is 17.8 Å². The largest absolute Gasteiger partial charge is 0.292 e. The normalized spacial score (nSPS) is 13.1. The summed E-state index contributed by atoms with van der Waals surface area (Å²) < 4.78 is 0. The van der Waals surface area contributed by atoms with E-state index in [1.54, 1.807) is 16.2 Å². The molecule has 1 aliphatic heterocycles. The first-order valence-electron chi connectivity index (χ1n) is 11.2. The van der Waals surface area contributed by atoms with Gasteiger partial charge in [-0.3, -0.25) is 9.69 Å². The Morgan fingerprint density at radius 2 is 1.79 bits per heavy atom. The van der Waals surface area contributed by atoms with Gasteiger partial charge in [0.25, 0.3) is 0 Å². The molecule has 0 N–H and O–H groups in total. The summed E-state index contributed by atoms with van der Waals surface area (Å²) >= 11 is 1.71. The molecule has 2 aromatic heterocycles. The molecule has 0 saturated heterocycles. The molecule has 33 heavy (non-hydrogen) atoms. The Labute approximate surface area is 198 Å². The SMILES string of the molecule is Cc1nc(-c2ccc(CN3C(=O)Cc4cnc(-c5ccccc5C(C)C)nc43)cc2)c(C)s1. The molecule has 4 aromatic rings. The molecule has 166 valence electrons. The number of hydrogen-bond donors (Lipinski definition) is 0. The van der Waals surface area contributed by atoms with Gasteiger partial charge in [-0.2, -0.15) is 0 Å². The number of carbonyl (C=O) groups excluding carboxylic acids is 1. The van der Waals surface area contributed by atoms with Gasteiger partial charge in [0.1, 0.15) is 5.82 Å². The highest BCUT2D eigenvalue weighted by Gasteiger charge is 2.30. The molecule has 6 heteroatoms. The Morgan fingerprint density at radius 3 is 2.48 bits per heavy atom. The number of amides is 1. The third-order valence-corrected chi connectivity index (χ3v) is 6.92. The molecule has 0 bridgehead atoms. The predicted octanol–water partition coefficient (Wildman–Crippen LogP) is 6.10. The van der Waals surface area contributed by atoms with Crippen LogP contribution in [0, 0.1) is 13.8 Å². The second-order valence-corrected chi connectivity index (χ2v) is 10.2. The molecule has 5 rings (SSSR count). The van der Waals surface area contributed by atoms with Gasteiger partial charge in [0.05, 0.1) is 23.7 Å². The third-order valence-electron chi connectivity index (χ3n) is 6.04. The van der Waals surface area contributed by atoms with Crippen molar-refractivity contribution in [1.82, 2.24) is 15.0 Å². The highest BCUT2D eigenvalue weighted by atomic mass is 32.1. The lowest BCUT2D eigenvalue weighted by Gasteiger charge is -2.18. The number of thiazole rings is 1. The van der Waals surface area contributed by atoms with Crippen LogP contribution in [0.25, 0.3) is 22.6 Å². The lowest BCUT2D eigenvalue weighted by Crippen LogP contribution is -2.26. The van der Waals surface area contributed by atoms with E-state index in [2.05, 4.69) is 67.1 Å². The fourth-order valence-corrected chi connectivity index (χ4v) is 5.22. The molecule has 1 aliphatic rings. The van der Waals surface area contributed by atoms with Crippen molar-refractivity contribution in [2.24, 2.45) is 0 Å². The Kier molecular flexibility index (Phi) is 5.54. The molecule has 0 aliphatic carbocycles. The fraction of sp³-hybridized carbons (Fsp3) is 0.259. The van der Waals surface area contributed by atoms with Crippen LogP contribution in [0.1, 0.15) is 46.3 Å². The van der Waals surface area contributed by atoms with E-state index < -0.39 is 0 Å². The molecule has 0 spiro atoms. The predicted molar refractivity (Wildman–Crippen MR) is 133 cm³/mol. The van der Waals surface area contributed by atoms with Gasteiger partial charge in [0.2, 0.25) is 5.91 Å². The van der Waals surface area contributed by atoms with E-state index in [1.807, 2.05) is 25.3 Å². The van der Waals surface area contributed by atoms with Crippen LogP contribution in [0.2, 0.25) is 0 Å². The number of fused-ring (bicyclic) bond motifs is 1. The second-order valence-electron chi connectivity index (χ2n) is 8.78. The number of aryl methyl sites for hydroxylation is 2. The zero-order valence-corrected chi connectivity index (χ0v) is 20.1. The maximum atomic E-state index is 12.8. The average Bonchev–Trinajstić information content (AvgIpc) is 3.31. The summed E-state index contributed by atoms with van der Waals surface area (Å²) in [5.74, 6) is 1.81. The van der Waals surface area contributed by atoms with E-state index in [1.165, 1.54) is 10.4 Å². The minimum absolute atomic E-state index is 0.0589. The van der Waals surface area contributed by atoms with Crippen LogP contribution in [0.5, 0.6) is 0 Å². The van der Waals surface area contributed by atoms with E-state index in [-0.39, 0.29) is 5.91 Å². The standard InChI is InChI=1S/C27H26N4OS/c1-16(2)22-7-5-6-8-23(22)26-28-14-21-13-24(32)31(27(21)30-26)15-19-9-11-20(12-10-19)25-17(3)33-18(4)29-25/h5-12,14,16H,13,15H2,1-4H3. The van der Waals surface area contributed by atoms with E-state index in [9.17, 15) is 4.79 Å². The summed E-state index contributed by atoms with van der Waals surface area (Å²) in [6, 6.07) is 16.5. The van der Waals surface area contributed by atoms with Gasteiger partial charge in [-0.05, 0) is 30.9 Å². The van der Waals surface area contributed by atoms with E-state index in [0.717, 1.165) is 38.8 Å². The quantitative estimate of drug-likeness (QED) is 0.366. The number of nitrogens with zero attached hydrogens (tertiary/aromatic N) is 4. The van der Waals surface area contributed by atoms with Gasteiger partial charge in [0.15, 0.2) is 5.82 Å². The van der Waals surface area contributed by atoms with Gasteiger partial charge in [-0.15, -0.1) is 11.3 Å². The first-order chi connectivity index (χ1) is 15.9. The molecular formula is C27H26N4OS. The maximum Gasteiger partial charge on any atom is 0.233 e. The van der Waals surface area contributed by atoms with Crippen molar-refractivity contribution in [2.75, 3.05) is 4.90 Å². The smallest absolute Gasteiger partial charge is 0.233 e. The number of hydrogen-bond acceptors (Lipinski definition) is 5. The van der Waals surface area contributed by atoms with Gasteiger partial charge >= 0.3 is 0 Å². The molecule has 0 fully saturated rings. The summed E-state index contributed by atoms with van der Waals surface area (Å²) in [5, 5.41) is 1.07. The van der Waals surface area contributed by atoms with E-state index >= 15 is 0 Å². The summed E-state index contributed by atoms with van der Waals surface area (Å²) in [6.07, 6.45) is 2.15. The summed E-state index contributed by atoms with van der Waals surface area (Å²) in [5.41, 5.74) is 6.31. The highest BCUT2D eigenvalue weighted by molar-refractivity contribution is 7.11. The number of carbonyl (C=O) groups is 1. The molecule has 0 saturated carbocycles. The van der Waals surface area contributed by atoms with Crippen LogP contribution >= 0.6 is 11.3 Å². The summed E-state index contributed by atoms with van der Waals surface area (Å²) in [6.45, 7) is 8.95. The molecule has 0 unspecified atom stereocenters. The van der Waals surface area contributed by atoms with Crippen molar-refractivity contribution in [1.29, 1.82) is 0 Å². The Balaban J connectivity index is 1.44. The second kappa shape index (κ2) is 8.52. The van der Waals surface area contributed by atoms with Crippen molar-refractivity contribution in [3.63, 3.8) is 0 Å². The lowest BCUT2D eigenvalue weighted by atomic mass is 9.97. The summed E-state index contributed by atoms with van der Waals surface area (Å²) in [7, 11) is 0. The van der Waals surface area contributed by atoms with Crippen LogP contribution in [0.4, 0.5) is 5.82 Å². The third kappa shape index (κ3) is 4.07. The van der Waals surface area contributed by atoms with E-state index in [4.69, 9.17) is 4.98 Å². The van der Waals surface area contributed by atoms with Crippen molar-refractivity contribution in [3.05, 3.63) is 81.3 Å². The summed E-state index contributed by atoms with van der Waals surface area (Å²) in [4.78, 5) is 30.0. The zero-order valence-electron chi connectivity index (χ0n) is 19.3. The molecule has 1 amide bonds. The zero-order chi connectivity index (χ0) is 23.1. The highest BCUT2D eigenvalue weighted by Crippen LogP contribution is 2.33. The number of benzene rings is 2. The first kappa shape index (κ1) is 21.5. The first-order valence-corrected chi connectivity index (χ1v) is 12.0. The molecule has 2 aromatic carbocycles.